The van der Waals surface area contributed by atoms with E-state index >= 15 is 0 Å². The minimum atomic E-state index is 0.00303. The van der Waals surface area contributed by atoms with E-state index in [1.165, 1.54) is 25.8 Å². The van der Waals surface area contributed by atoms with Gasteiger partial charge in [0.25, 0.3) is 0 Å². The maximum atomic E-state index is 12.2. The summed E-state index contributed by atoms with van der Waals surface area (Å²) in [6.45, 7) is 5.98. The van der Waals surface area contributed by atoms with Crippen molar-refractivity contribution in [1.29, 1.82) is 0 Å². The highest BCUT2D eigenvalue weighted by Gasteiger charge is 2.29. The number of pyridine rings is 1. The molecule has 1 aliphatic heterocycles. The molecule has 26 heavy (non-hydrogen) atoms. The summed E-state index contributed by atoms with van der Waals surface area (Å²) in [5, 5.41) is 2.95. The van der Waals surface area contributed by atoms with E-state index in [0.717, 1.165) is 36.1 Å². The van der Waals surface area contributed by atoms with Crippen LogP contribution in [0.3, 0.4) is 0 Å². The molecule has 6 nitrogen and oxygen atoms in total. The van der Waals surface area contributed by atoms with Gasteiger partial charge in [0.05, 0.1) is 18.2 Å². The monoisotopic (exact) mass is 353 g/mol. The molecule has 1 saturated carbocycles. The fourth-order valence-corrected chi connectivity index (χ4v) is 3.86. The molecule has 2 aromatic rings. The Kier molecular flexibility index (Phi) is 5.02. The SMILES string of the molecule is C[C@@H]1c2nc(CC(=O)NCc3cccnc3)cn2CCN1CC1CCC1. The molecule has 1 N–H and O–H groups in total. The van der Waals surface area contributed by atoms with Gasteiger partial charge in [-0.1, -0.05) is 12.5 Å². The first-order chi connectivity index (χ1) is 12.7. The Hall–Kier alpha value is -2.21. The smallest absolute Gasteiger partial charge is 0.226 e. The van der Waals surface area contributed by atoms with Crippen molar-refractivity contribution >= 4 is 5.91 Å². The van der Waals surface area contributed by atoms with Gasteiger partial charge in [-0.25, -0.2) is 4.98 Å². The van der Waals surface area contributed by atoms with Crippen molar-refractivity contribution < 1.29 is 4.79 Å². The van der Waals surface area contributed by atoms with E-state index in [9.17, 15) is 4.79 Å². The zero-order valence-corrected chi connectivity index (χ0v) is 15.4. The first-order valence-electron chi connectivity index (χ1n) is 9.64. The summed E-state index contributed by atoms with van der Waals surface area (Å²) in [6, 6.07) is 4.17. The predicted octanol–water partition coefficient (Wildman–Crippen LogP) is 2.31. The van der Waals surface area contributed by atoms with Crippen molar-refractivity contribution in [2.75, 3.05) is 13.1 Å². The average molecular weight is 353 g/mol. The summed E-state index contributed by atoms with van der Waals surface area (Å²) in [5.74, 6) is 1.98. The van der Waals surface area contributed by atoms with Crippen LogP contribution in [0.1, 0.15) is 49.3 Å². The average Bonchev–Trinajstić information content (AvgIpc) is 3.02. The molecule has 138 valence electrons. The van der Waals surface area contributed by atoms with E-state index in [1.54, 1.807) is 12.4 Å². The number of carbonyl (C=O) groups is 1. The van der Waals surface area contributed by atoms with Gasteiger partial charge in [0, 0.05) is 44.8 Å². The Morgan fingerprint density at radius 2 is 2.23 bits per heavy atom. The van der Waals surface area contributed by atoms with Gasteiger partial charge in [0.1, 0.15) is 5.82 Å². The molecule has 0 unspecified atom stereocenters. The van der Waals surface area contributed by atoms with Crippen LogP contribution in [0.5, 0.6) is 0 Å². The van der Waals surface area contributed by atoms with Crippen molar-refractivity contribution in [2.45, 2.75) is 51.7 Å². The molecule has 4 rings (SSSR count). The number of rotatable bonds is 6. The minimum Gasteiger partial charge on any atom is -0.352 e. The van der Waals surface area contributed by atoms with Crippen LogP contribution in [-0.2, 0) is 24.3 Å². The first-order valence-corrected chi connectivity index (χ1v) is 9.64. The third kappa shape index (κ3) is 3.80. The second-order valence-corrected chi connectivity index (χ2v) is 7.57. The predicted molar refractivity (Wildman–Crippen MR) is 99.3 cm³/mol. The molecule has 0 aromatic carbocycles. The molecule has 2 aromatic heterocycles. The number of imidazole rings is 1. The van der Waals surface area contributed by atoms with Crippen LogP contribution in [0.25, 0.3) is 0 Å². The minimum absolute atomic E-state index is 0.00303. The molecule has 1 aliphatic carbocycles. The van der Waals surface area contributed by atoms with Gasteiger partial charge in [-0.2, -0.15) is 0 Å². The zero-order chi connectivity index (χ0) is 17.9. The van der Waals surface area contributed by atoms with E-state index in [-0.39, 0.29) is 5.91 Å². The molecule has 0 radical (unpaired) electrons. The van der Waals surface area contributed by atoms with E-state index in [2.05, 4.69) is 32.9 Å². The maximum absolute atomic E-state index is 12.2. The highest BCUT2D eigenvalue weighted by atomic mass is 16.1. The highest BCUT2D eigenvalue weighted by molar-refractivity contribution is 5.78. The Morgan fingerprint density at radius 1 is 1.35 bits per heavy atom. The molecule has 1 fully saturated rings. The number of carbonyl (C=O) groups excluding carboxylic acids is 1. The van der Waals surface area contributed by atoms with Gasteiger partial charge in [0.15, 0.2) is 0 Å². The van der Waals surface area contributed by atoms with Crippen LogP contribution in [0, 0.1) is 5.92 Å². The number of amides is 1. The van der Waals surface area contributed by atoms with Crippen LogP contribution >= 0.6 is 0 Å². The Morgan fingerprint density at radius 3 is 2.96 bits per heavy atom. The van der Waals surface area contributed by atoms with E-state index in [0.29, 0.717) is 19.0 Å². The Labute approximate surface area is 154 Å². The third-order valence-electron chi connectivity index (χ3n) is 5.68. The molecule has 1 atom stereocenters. The molecule has 0 bridgehead atoms. The standard InChI is InChI=1S/C20H27N5O/c1-15-20-23-18(10-19(26)22-12-17-6-3-7-21-11-17)14-25(20)9-8-24(15)13-16-4-2-5-16/h3,6-7,11,14-16H,2,4-5,8-10,12-13H2,1H3,(H,22,26)/t15-/m1/s1. The summed E-state index contributed by atoms with van der Waals surface area (Å²) in [4.78, 5) is 23.6. The second-order valence-electron chi connectivity index (χ2n) is 7.57. The van der Waals surface area contributed by atoms with Crippen molar-refractivity contribution in [3.8, 4) is 0 Å². The van der Waals surface area contributed by atoms with Crippen molar-refractivity contribution in [3.05, 3.63) is 47.8 Å². The van der Waals surface area contributed by atoms with E-state index in [4.69, 9.17) is 4.98 Å². The number of fused-ring (bicyclic) bond motifs is 1. The quantitative estimate of drug-likeness (QED) is 0.866. The van der Waals surface area contributed by atoms with Gasteiger partial charge >= 0.3 is 0 Å². The largest absolute Gasteiger partial charge is 0.352 e. The number of hydrogen-bond acceptors (Lipinski definition) is 4. The van der Waals surface area contributed by atoms with Gasteiger partial charge < -0.3 is 9.88 Å². The summed E-state index contributed by atoms with van der Waals surface area (Å²) < 4.78 is 2.23. The fourth-order valence-electron chi connectivity index (χ4n) is 3.86. The fraction of sp³-hybridized carbons (Fsp3) is 0.550. The molecule has 6 heteroatoms. The number of hydrogen-bond donors (Lipinski definition) is 1. The Balaban J connectivity index is 1.34. The lowest BCUT2D eigenvalue weighted by molar-refractivity contribution is -0.120. The summed E-state index contributed by atoms with van der Waals surface area (Å²) in [6.07, 6.45) is 10.0. The number of nitrogens with zero attached hydrogens (tertiary/aromatic N) is 4. The zero-order valence-electron chi connectivity index (χ0n) is 15.4. The molecular weight excluding hydrogens is 326 g/mol. The molecular formula is C20H27N5O. The molecule has 0 saturated heterocycles. The molecule has 2 aliphatic rings. The molecule has 0 spiro atoms. The van der Waals surface area contributed by atoms with Crippen LogP contribution in [0.15, 0.2) is 30.7 Å². The van der Waals surface area contributed by atoms with E-state index < -0.39 is 0 Å². The Bertz CT molecular complexity index is 753. The van der Waals surface area contributed by atoms with Crippen molar-refractivity contribution in [2.24, 2.45) is 5.92 Å². The van der Waals surface area contributed by atoms with E-state index in [1.807, 2.05) is 12.1 Å². The van der Waals surface area contributed by atoms with Gasteiger partial charge in [-0.15, -0.1) is 0 Å². The lowest BCUT2D eigenvalue weighted by atomic mass is 9.84. The van der Waals surface area contributed by atoms with Crippen LogP contribution < -0.4 is 5.32 Å². The maximum Gasteiger partial charge on any atom is 0.226 e. The second kappa shape index (κ2) is 7.58. The van der Waals surface area contributed by atoms with Gasteiger partial charge in [-0.3, -0.25) is 14.7 Å². The number of aromatic nitrogens is 3. The summed E-state index contributed by atoms with van der Waals surface area (Å²) in [7, 11) is 0. The number of nitrogens with one attached hydrogen (secondary N) is 1. The van der Waals surface area contributed by atoms with Crippen molar-refractivity contribution in [3.63, 3.8) is 0 Å². The molecule has 3 heterocycles. The van der Waals surface area contributed by atoms with Crippen LogP contribution in [0.4, 0.5) is 0 Å². The van der Waals surface area contributed by atoms with Gasteiger partial charge in [-0.05, 0) is 37.3 Å². The first kappa shape index (κ1) is 17.2. The van der Waals surface area contributed by atoms with Gasteiger partial charge in [0.2, 0.25) is 5.91 Å². The lowest BCUT2D eigenvalue weighted by Gasteiger charge is -2.38. The normalized spacial score (nSPS) is 20.4. The summed E-state index contributed by atoms with van der Waals surface area (Å²) in [5.41, 5.74) is 1.87. The highest BCUT2D eigenvalue weighted by Crippen LogP contribution is 2.32. The summed E-state index contributed by atoms with van der Waals surface area (Å²) >= 11 is 0. The van der Waals surface area contributed by atoms with Crippen LogP contribution in [0.2, 0.25) is 0 Å². The van der Waals surface area contributed by atoms with Crippen LogP contribution in [-0.4, -0.2) is 38.4 Å². The molecule has 1 amide bonds. The third-order valence-corrected chi connectivity index (χ3v) is 5.68. The van der Waals surface area contributed by atoms with Crippen molar-refractivity contribution in [1.82, 2.24) is 24.8 Å². The lowest BCUT2D eigenvalue weighted by Crippen LogP contribution is -2.41. The topological polar surface area (TPSA) is 63.1 Å².